The van der Waals surface area contributed by atoms with Crippen LogP contribution < -0.4 is 4.74 Å². The number of carbonyl (C=O) groups excluding carboxylic acids is 3. The number of hydrogen-bond donors (Lipinski definition) is 2. The second-order valence-corrected chi connectivity index (χ2v) is 21.2. The Bertz CT molecular complexity index is 1610. The lowest BCUT2D eigenvalue weighted by atomic mass is 9.46. The van der Waals surface area contributed by atoms with Crippen molar-refractivity contribution in [2.45, 2.75) is 109 Å². The molecule has 272 valence electrons. The summed E-state index contributed by atoms with van der Waals surface area (Å²) in [6.45, 7) is 15.5. The van der Waals surface area contributed by atoms with Crippen LogP contribution in [0.3, 0.4) is 0 Å². The monoisotopic (exact) mass is 706 g/mol. The maximum absolute atomic E-state index is 15.6. The predicted molar refractivity (Wildman–Crippen MR) is 192 cm³/mol. The van der Waals surface area contributed by atoms with E-state index in [1.54, 1.807) is 58.2 Å². The first kappa shape index (κ1) is 38.1. The molecular formula is C40H54O9Si. The number of hydrogen-bond acceptors (Lipinski definition) is 9. The number of methoxy groups -OCH3 is 1. The summed E-state index contributed by atoms with van der Waals surface area (Å²) in [6.07, 6.45) is -0.880. The van der Waals surface area contributed by atoms with Crippen LogP contribution in [0.25, 0.3) is 0 Å². The number of ketones is 2. The molecule has 0 aromatic heterocycles. The van der Waals surface area contributed by atoms with E-state index in [-0.39, 0.29) is 29.4 Å². The summed E-state index contributed by atoms with van der Waals surface area (Å²) in [5.74, 6) is -2.49. The Hall–Kier alpha value is -3.15. The normalized spacial score (nSPS) is 31.2. The second kappa shape index (κ2) is 13.8. The van der Waals surface area contributed by atoms with Crippen molar-refractivity contribution in [1.29, 1.82) is 0 Å². The van der Waals surface area contributed by atoms with Crippen molar-refractivity contribution in [3.05, 3.63) is 77.4 Å². The fraction of sp³-hybridized carbons (Fsp3) is 0.575. The minimum Gasteiger partial charge on any atom is -0.497 e. The van der Waals surface area contributed by atoms with Gasteiger partial charge in [0.05, 0.1) is 37.4 Å². The van der Waals surface area contributed by atoms with Gasteiger partial charge < -0.3 is 28.8 Å². The number of ether oxygens (including phenoxy) is 3. The Balaban J connectivity index is 1.73. The molecule has 2 aromatic rings. The first-order valence-electron chi connectivity index (χ1n) is 17.6. The van der Waals surface area contributed by atoms with Crippen LogP contribution in [0.1, 0.15) is 76.7 Å². The number of aliphatic hydroxyl groups is 2. The molecule has 7 atom stereocenters. The molecule has 50 heavy (non-hydrogen) atoms. The molecule has 5 rings (SSSR count). The number of esters is 1. The Morgan fingerprint density at radius 1 is 1.00 bits per heavy atom. The van der Waals surface area contributed by atoms with Crippen molar-refractivity contribution >= 4 is 25.9 Å². The molecule has 3 aliphatic carbocycles. The van der Waals surface area contributed by atoms with Crippen molar-refractivity contribution in [3.8, 4) is 5.75 Å². The van der Waals surface area contributed by atoms with Crippen LogP contribution in [0.2, 0.25) is 18.1 Å². The molecule has 2 aromatic carbocycles. The summed E-state index contributed by atoms with van der Waals surface area (Å²) in [5, 5.41) is 23.8. The Morgan fingerprint density at radius 2 is 1.64 bits per heavy atom. The highest BCUT2D eigenvalue weighted by Crippen LogP contribution is 2.60. The van der Waals surface area contributed by atoms with Gasteiger partial charge in [0.25, 0.3) is 0 Å². The van der Waals surface area contributed by atoms with Crippen LogP contribution in [0.4, 0.5) is 0 Å². The van der Waals surface area contributed by atoms with E-state index in [1.165, 1.54) is 0 Å². The molecule has 2 saturated carbocycles. The maximum atomic E-state index is 15.6. The molecule has 0 aliphatic heterocycles. The SMILES string of the molecule is COc1ccc(CO[C@H]2C(=O)[C@]3(C)[C@@H](O[Si](C)(C)C(C)(C)C)CC=C(CO)[C@H]3[C@H](OC(=O)c3ccccc3)[C@@]3(O)C(=O)CC[C@@H]2C3(C)C)cc1. The predicted octanol–water partition coefficient (Wildman–Crippen LogP) is 6.46. The molecule has 2 N–H and O–H groups in total. The van der Waals surface area contributed by atoms with Gasteiger partial charge in [0, 0.05) is 23.7 Å². The number of fused-ring (bicyclic) bond motifs is 3. The highest BCUT2D eigenvalue weighted by molar-refractivity contribution is 6.74. The van der Waals surface area contributed by atoms with Crippen LogP contribution in [-0.4, -0.2) is 73.7 Å². The fourth-order valence-corrected chi connectivity index (χ4v) is 9.58. The van der Waals surface area contributed by atoms with E-state index in [1.807, 2.05) is 30.3 Å². The molecule has 0 spiro atoms. The van der Waals surface area contributed by atoms with Crippen molar-refractivity contribution in [1.82, 2.24) is 0 Å². The zero-order chi connectivity index (χ0) is 36.9. The van der Waals surface area contributed by atoms with Crippen LogP contribution in [0.5, 0.6) is 5.75 Å². The number of carbonyl (C=O) groups is 3. The first-order chi connectivity index (χ1) is 23.3. The third-order valence-corrected chi connectivity index (χ3v) is 16.9. The Labute approximate surface area is 297 Å². The van der Waals surface area contributed by atoms with E-state index >= 15 is 4.79 Å². The van der Waals surface area contributed by atoms with E-state index < -0.39 is 73.3 Å². The van der Waals surface area contributed by atoms with Gasteiger partial charge in [-0.25, -0.2) is 4.79 Å². The number of aliphatic hydroxyl groups excluding tert-OH is 1. The minimum absolute atomic E-state index is 0.0365. The summed E-state index contributed by atoms with van der Waals surface area (Å²) in [5.41, 5.74) is -3.53. The van der Waals surface area contributed by atoms with Crippen molar-refractivity contribution in [2.75, 3.05) is 13.7 Å². The van der Waals surface area contributed by atoms with Crippen molar-refractivity contribution in [2.24, 2.45) is 22.7 Å². The fourth-order valence-electron chi connectivity index (χ4n) is 8.18. The lowest BCUT2D eigenvalue weighted by Crippen LogP contribution is -2.75. The highest BCUT2D eigenvalue weighted by atomic mass is 28.4. The van der Waals surface area contributed by atoms with Crippen LogP contribution in [0, 0.1) is 22.7 Å². The number of rotatable bonds is 9. The largest absolute Gasteiger partial charge is 0.497 e. The Kier molecular flexibility index (Phi) is 10.5. The molecule has 2 bridgehead atoms. The average molecular weight is 707 g/mol. The lowest BCUT2D eigenvalue weighted by molar-refractivity contribution is -0.234. The second-order valence-electron chi connectivity index (χ2n) is 16.5. The van der Waals surface area contributed by atoms with E-state index in [4.69, 9.17) is 18.6 Å². The number of benzene rings is 2. The van der Waals surface area contributed by atoms with Crippen molar-refractivity contribution < 1.29 is 43.2 Å². The van der Waals surface area contributed by atoms with E-state index in [0.717, 1.165) is 5.56 Å². The van der Waals surface area contributed by atoms with E-state index in [0.29, 0.717) is 24.2 Å². The highest BCUT2D eigenvalue weighted by Gasteiger charge is 2.72. The van der Waals surface area contributed by atoms with Gasteiger partial charge in [0.2, 0.25) is 0 Å². The zero-order valence-corrected chi connectivity index (χ0v) is 31.9. The van der Waals surface area contributed by atoms with Gasteiger partial charge in [-0.1, -0.05) is 71.0 Å². The van der Waals surface area contributed by atoms with Gasteiger partial charge in [-0.3, -0.25) is 9.59 Å². The molecule has 0 heterocycles. The van der Waals surface area contributed by atoms with Crippen LogP contribution in [-0.2, 0) is 30.1 Å². The van der Waals surface area contributed by atoms with Gasteiger partial charge >= 0.3 is 5.97 Å². The third kappa shape index (κ3) is 6.32. The summed E-state index contributed by atoms with van der Waals surface area (Å²) in [7, 11) is -0.946. The standard InChI is InChI=1S/C40H54O9Si/c1-37(2,3)50(8,9)49-31-22-17-27(23-41)32-35(48-36(44)26-13-11-10-12-14-26)40(45)30(42)21-20-29(38(40,4)5)33(34(43)39(31,32)6)47-24-25-15-18-28(46-7)19-16-25/h10-19,29,31-33,35,41,45H,20-24H2,1-9H3/t29-,31-,32-,33+,35-,39+,40-/m0/s1. The van der Waals surface area contributed by atoms with Crippen molar-refractivity contribution in [3.63, 3.8) is 0 Å². The average Bonchev–Trinajstić information content (AvgIpc) is 3.07. The quantitative estimate of drug-likeness (QED) is 0.172. The molecule has 2 fully saturated rings. The van der Waals surface area contributed by atoms with Gasteiger partial charge in [-0.2, -0.15) is 0 Å². The summed E-state index contributed by atoms with van der Waals surface area (Å²) >= 11 is 0. The molecule has 0 amide bonds. The maximum Gasteiger partial charge on any atom is 0.338 e. The molecule has 10 heteroatoms. The molecular weight excluding hydrogens is 653 g/mol. The van der Waals surface area contributed by atoms with Gasteiger partial charge in [0.1, 0.15) is 18.0 Å². The zero-order valence-electron chi connectivity index (χ0n) is 30.9. The first-order valence-corrected chi connectivity index (χ1v) is 20.5. The number of Topliss-reactive ketones (excluding diaryl/α,β-unsaturated/α-hetero) is 2. The minimum atomic E-state index is -2.54. The third-order valence-electron chi connectivity index (χ3n) is 12.5. The van der Waals surface area contributed by atoms with Crippen LogP contribution in [0.15, 0.2) is 66.2 Å². The smallest absolute Gasteiger partial charge is 0.338 e. The Morgan fingerprint density at radius 3 is 2.22 bits per heavy atom. The molecule has 3 aliphatic rings. The van der Waals surface area contributed by atoms with Gasteiger partial charge in [0.15, 0.2) is 25.5 Å². The molecule has 0 radical (unpaired) electrons. The topological polar surface area (TPSA) is 129 Å². The summed E-state index contributed by atoms with van der Waals surface area (Å²) in [6, 6.07) is 15.8. The summed E-state index contributed by atoms with van der Waals surface area (Å²) < 4.78 is 25.4. The van der Waals surface area contributed by atoms with E-state index in [2.05, 4.69) is 33.9 Å². The summed E-state index contributed by atoms with van der Waals surface area (Å²) in [4.78, 5) is 43.9. The van der Waals surface area contributed by atoms with E-state index in [9.17, 15) is 19.8 Å². The van der Waals surface area contributed by atoms with Crippen LogP contribution >= 0.6 is 0 Å². The van der Waals surface area contributed by atoms with Gasteiger partial charge in [-0.15, -0.1) is 0 Å². The van der Waals surface area contributed by atoms with Gasteiger partial charge in [-0.05, 0) is 73.3 Å². The molecule has 0 unspecified atom stereocenters. The lowest BCUT2D eigenvalue weighted by Gasteiger charge is -2.62. The molecule has 0 saturated heterocycles. The molecule has 9 nitrogen and oxygen atoms in total.